The van der Waals surface area contributed by atoms with Gasteiger partial charge in [0.25, 0.3) is 0 Å². The van der Waals surface area contributed by atoms with E-state index in [4.69, 9.17) is 0 Å². The molecule has 0 amide bonds. The molecule has 4 heteroatoms. The smallest absolute Gasteiger partial charge is 0.0644 e. The van der Waals surface area contributed by atoms with Gasteiger partial charge in [0, 0.05) is 0 Å². The monoisotopic (exact) mass is 260 g/mol. The third-order valence-electron chi connectivity index (χ3n) is 3.36. The highest BCUT2D eigenvalue weighted by molar-refractivity contribution is 4.79. The zero-order valence-electron chi connectivity index (χ0n) is 12.6. The molecule has 2 rings (SSSR count). The molecule has 0 radical (unpaired) electrons. The van der Waals surface area contributed by atoms with Crippen LogP contribution < -0.4 is 10.6 Å². The Labute approximate surface area is 112 Å². The molecule has 2 aliphatic heterocycles. The van der Waals surface area contributed by atoms with Gasteiger partial charge in [-0.3, -0.25) is 0 Å². The van der Waals surface area contributed by atoms with Crippen molar-refractivity contribution in [3.63, 3.8) is 0 Å². The molecular formula is C14H32N2O2. The van der Waals surface area contributed by atoms with E-state index < -0.39 is 0 Å². The molecule has 0 aromatic rings. The maximum Gasteiger partial charge on any atom is 0.0644 e. The molecule has 4 nitrogen and oxygen atoms in total. The molecule has 110 valence electrons. The molecule has 2 heterocycles. The fourth-order valence-electron chi connectivity index (χ4n) is 1.93. The van der Waals surface area contributed by atoms with Gasteiger partial charge in [0.1, 0.15) is 0 Å². The van der Waals surface area contributed by atoms with Crippen LogP contribution in [0, 0.1) is 0 Å². The number of nitrogens with one attached hydrogen (secondary N) is 2. The predicted molar refractivity (Wildman–Crippen MR) is 76.8 cm³/mol. The molecule has 0 bridgehead atoms. The zero-order chi connectivity index (χ0) is 14.1. The van der Waals surface area contributed by atoms with Crippen LogP contribution in [-0.4, -0.2) is 47.6 Å². The summed E-state index contributed by atoms with van der Waals surface area (Å²) in [5.41, 5.74) is -0.767. The standard InChI is InChI=1S/2C6H13NO.C2H6/c2*1-6(8)2-4-7-5-3-6;1-2/h2*7-8H,2-5H2,1H3;1-2H3. The second-order valence-electron chi connectivity index (χ2n) is 5.49. The summed E-state index contributed by atoms with van der Waals surface area (Å²) >= 11 is 0. The van der Waals surface area contributed by atoms with Crippen LogP contribution in [0.15, 0.2) is 0 Å². The summed E-state index contributed by atoms with van der Waals surface area (Å²) in [6.45, 7) is 11.7. The molecule has 4 N–H and O–H groups in total. The number of rotatable bonds is 0. The lowest BCUT2D eigenvalue weighted by molar-refractivity contribution is 0.0286. The number of hydrogen-bond acceptors (Lipinski definition) is 4. The Hall–Kier alpha value is -0.160. The summed E-state index contributed by atoms with van der Waals surface area (Å²) in [6, 6.07) is 0. The lowest BCUT2D eigenvalue weighted by Gasteiger charge is -2.27. The Morgan fingerprint density at radius 1 is 0.667 bits per heavy atom. The third kappa shape index (κ3) is 8.86. The molecule has 2 aliphatic rings. The molecule has 2 fully saturated rings. The maximum atomic E-state index is 9.33. The Balaban J connectivity index is 0.000000283. The first-order valence-electron chi connectivity index (χ1n) is 7.28. The van der Waals surface area contributed by atoms with Crippen LogP contribution in [0.1, 0.15) is 53.4 Å². The van der Waals surface area contributed by atoms with Gasteiger partial charge in [0.15, 0.2) is 0 Å². The highest BCUT2D eigenvalue weighted by atomic mass is 16.3. The quantitative estimate of drug-likeness (QED) is 0.530. The summed E-state index contributed by atoms with van der Waals surface area (Å²) in [7, 11) is 0. The highest BCUT2D eigenvalue weighted by Crippen LogP contribution is 2.15. The van der Waals surface area contributed by atoms with Gasteiger partial charge < -0.3 is 20.8 Å². The van der Waals surface area contributed by atoms with Crippen LogP contribution in [0.3, 0.4) is 0 Å². The molecule has 18 heavy (non-hydrogen) atoms. The van der Waals surface area contributed by atoms with Crippen molar-refractivity contribution in [3.8, 4) is 0 Å². The van der Waals surface area contributed by atoms with Crippen LogP contribution in [-0.2, 0) is 0 Å². The number of hydrogen-bond donors (Lipinski definition) is 4. The van der Waals surface area contributed by atoms with Gasteiger partial charge in [-0.05, 0) is 65.7 Å². The van der Waals surface area contributed by atoms with Crippen LogP contribution >= 0.6 is 0 Å². The Morgan fingerprint density at radius 2 is 0.889 bits per heavy atom. The lowest BCUT2D eigenvalue weighted by atomic mass is 9.95. The number of piperidine rings is 2. The summed E-state index contributed by atoms with van der Waals surface area (Å²) in [5.74, 6) is 0. The van der Waals surface area contributed by atoms with Gasteiger partial charge >= 0.3 is 0 Å². The Bertz CT molecular complexity index is 168. The predicted octanol–water partition coefficient (Wildman–Crippen LogP) is 1.27. The van der Waals surface area contributed by atoms with Crippen molar-refractivity contribution in [2.45, 2.75) is 64.6 Å². The molecular weight excluding hydrogens is 228 g/mol. The summed E-state index contributed by atoms with van der Waals surface area (Å²) in [6.07, 6.45) is 3.58. The van der Waals surface area contributed by atoms with Crippen molar-refractivity contribution in [3.05, 3.63) is 0 Å². The van der Waals surface area contributed by atoms with E-state index in [-0.39, 0.29) is 11.2 Å². The van der Waals surface area contributed by atoms with Gasteiger partial charge in [-0.25, -0.2) is 0 Å². The summed E-state index contributed by atoms with van der Waals surface area (Å²) < 4.78 is 0. The first kappa shape index (κ1) is 17.8. The molecule has 0 saturated carbocycles. The molecule has 0 spiro atoms. The average Bonchev–Trinajstić information content (AvgIpc) is 2.32. The Kier molecular flexibility index (Phi) is 8.78. The van der Waals surface area contributed by atoms with E-state index >= 15 is 0 Å². The minimum atomic E-state index is -0.384. The van der Waals surface area contributed by atoms with Crippen molar-refractivity contribution >= 4 is 0 Å². The third-order valence-corrected chi connectivity index (χ3v) is 3.36. The second-order valence-corrected chi connectivity index (χ2v) is 5.49. The van der Waals surface area contributed by atoms with Gasteiger partial charge in [-0.1, -0.05) is 13.8 Å². The first-order chi connectivity index (χ1) is 8.41. The van der Waals surface area contributed by atoms with E-state index in [0.29, 0.717) is 0 Å². The molecule has 0 atom stereocenters. The van der Waals surface area contributed by atoms with Crippen molar-refractivity contribution in [2.24, 2.45) is 0 Å². The fraction of sp³-hybridized carbons (Fsp3) is 1.00. The van der Waals surface area contributed by atoms with Crippen molar-refractivity contribution in [1.29, 1.82) is 0 Å². The van der Waals surface area contributed by atoms with Crippen LogP contribution in [0.25, 0.3) is 0 Å². The largest absolute Gasteiger partial charge is 0.390 e. The first-order valence-corrected chi connectivity index (χ1v) is 7.28. The summed E-state index contributed by atoms with van der Waals surface area (Å²) in [4.78, 5) is 0. The van der Waals surface area contributed by atoms with E-state index in [1.54, 1.807) is 0 Å². The molecule has 0 aromatic carbocycles. The van der Waals surface area contributed by atoms with Gasteiger partial charge in [-0.15, -0.1) is 0 Å². The van der Waals surface area contributed by atoms with E-state index in [1.807, 2.05) is 27.7 Å². The molecule has 0 unspecified atom stereocenters. The van der Waals surface area contributed by atoms with Crippen LogP contribution in [0.4, 0.5) is 0 Å². The minimum absolute atomic E-state index is 0.384. The lowest BCUT2D eigenvalue weighted by Crippen LogP contribution is -2.39. The van der Waals surface area contributed by atoms with Crippen molar-refractivity contribution in [1.82, 2.24) is 10.6 Å². The number of aliphatic hydroxyl groups is 2. The van der Waals surface area contributed by atoms with E-state index in [9.17, 15) is 10.2 Å². The topological polar surface area (TPSA) is 64.5 Å². The zero-order valence-corrected chi connectivity index (χ0v) is 12.6. The average molecular weight is 260 g/mol. The van der Waals surface area contributed by atoms with Crippen LogP contribution in [0.5, 0.6) is 0 Å². The molecule has 0 aromatic heterocycles. The van der Waals surface area contributed by atoms with Gasteiger partial charge in [-0.2, -0.15) is 0 Å². The summed E-state index contributed by atoms with van der Waals surface area (Å²) in [5, 5.41) is 25.0. The normalized spacial score (nSPS) is 25.0. The SMILES string of the molecule is CC.CC1(O)CCNCC1.CC1(O)CCNCC1. The Morgan fingerprint density at radius 3 is 1.00 bits per heavy atom. The van der Waals surface area contributed by atoms with Crippen LogP contribution in [0.2, 0.25) is 0 Å². The fourth-order valence-corrected chi connectivity index (χ4v) is 1.93. The minimum Gasteiger partial charge on any atom is -0.390 e. The van der Waals surface area contributed by atoms with Crippen molar-refractivity contribution < 1.29 is 10.2 Å². The second kappa shape index (κ2) is 8.86. The maximum absolute atomic E-state index is 9.33. The van der Waals surface area contributed by atoms with E-state index in [2.05, 4.69) is 10.6 Å². The molecule has 0 aliphatic carbocycles. The van der Waals surface area contributed by atoms with Crippen molar-refractivity contribution in [2.75, 3.05) is 26.2 Å². The van der Waals surface area contributed by atoms with E-state index in [0.717, 1.165) is 51.9 Å². The molecule has 2 saturated heterocycles. The van der Waals surface area contributed by atoms with Gasteiger partial charge in [0.2, 0.25) is 0 Å². The highest BCUT2D eigenvalue weighted by Gasteiger charge is 2.22. The van der Waals surface area contributed by atoms with E-state index in [1.165, 1.54) is 0 Å². The van der Waals surface area contributed by atoms with Gasteiger partial charge in [0.05, 0.1) is 11.2 Å².